The minimum absolute atomic E-state index is 0.0269. The zero-order chi connectivity index (χ0) is 20.5. The number of hydrogen-bond donors (Lipinski definition) is 1. The first-order valence-corrected chi connectivity index (χ1v) is 9.23. The van der Waals surface area contributed by atoms with E-state index in [2.05, 4.69) is 5.10 Å². The highest BCUT2D eigenvalue weighted by Crippen LogP contribution is 2.30. The average Bonchev–Trinajstić information content (AvgIpc) is 3.14. The number of rotatable bonds is 2. The number of fused-ring (bicyclic) bond motifs is 1. The quantitative estimate of drug-likeness (QED) is 0.708. The van der Waals surface area contributed by atoms with Crippen molar-refractivity contribution in [3.8, 4) is 23.3 Å². The van der Waals surface area contributed by atoms with Gasteiger partial charge in [-0.25, -0.2) is 0 Å². The lowest BCUT2D eigenvalue weighted by Crippen LogP contribution is -2.26. The van der Waals surface area contributed by atoms with E-state index in [1.807, 2.05) is 36.4 Å². The molecule has 6 nitrogen and oxygen atoms in total. The monoisotopic (exact) mass is 399 g/mol. The number of nitriles is 2. The Bertz CT molecular complexity index is 1310. The van der Waals surface area contributed by atoms with Gasteiger partial charge in [-0.3, -0.25) is 4.79 Å². The molecule has 0 saturated carbocycles. The molecule has 0 spiro atoms. The summed E-state index contributed by atoms with van der Waals surface area (Å²) in [5.74, 6) is -0.0988. The van der Waals surface area contributed by atoms with Crippen molar-refractivity contribution in [3.05, 3.63) is 86.2 Å². The molecular formula is C22H14ClN5O. The summed E-state index contributed by atoms with van der Waals surface area (Å²) in [6.07, 6.45) is 1.46. The molecule has 29 heavy (non-hydrogen) atoms. The molecule has 1 aliphatic carbocycles. The van der Waals surface area contributed by atoms with Crippen LogP contribution in [0.2, 0.25) is 5.02 Å². The normalized spacial score (nSPS) is 13.7. The summed E-state index contributed by atoms with van der Waals surface area (Å²) in [6.45, 7) is 0. The fourth-order valence-electron chi connectivity index (χ4n) is 3.53. The summed E-state index contributed by atoms with van der Waals surface area (Å²) in [7, 11) is 0. The van der Waals surface area contributed by atoms with Crippen LogP contribution in [0.3, 0.4) is 0 Å². The van der Waals surface area contributed by atoms with Crippen LogP contribution in [0.5, 0.6) is 0 Å². The highest BCUT2D eigenvalue weighted by atomic mass is 35.5. The second-order valence-corrected chi connectivity index (χ2v) is 7.00. The SMILES string of the molecule is N#Cc1c(-c2ccc(Cl)cc2)c(C#N)c(=O)n(/N=C2\CCc3ccccc32)c1N. The number of nitrogens with zero attached hydrogens (tertiary/aromatic N) is 4. The maximum absolute atomic E-state index is 13.1. The Hall–Kier alpha value is -3.87. The van der Waals surface area contributed by atoms with Crippen molar-refractivity contribution in [1.82, 2.24) is 4.68 Å². The fraction of sp³-hybridized carbons (Fsp3) is 0.0909. The highest BCUT2D eigenvalue weighted by Gasteiger charge is 2.23. The van der Waals surface area contributed by atoms with E-state index >= 15 is 0 Å². The molecule has 1 aromatic heterocycles. The summed E-state index contributed by atoms with van der Waals surface area (Å²) >= 11 is 5.93. The van der Waals surface area contributed by atoms with Crippen LogP contribution in [0.4, 0.5) is 5.82 Å². The lowest BCUT2D eigenvalue weighted by atomic mass is 9.96. The first kappa shape index (κ1) is 18.5. The van der Waals surface area contributed by atoms with Crippen LogP contribution in [-0.4, -0.2) is 10.4 Å². The molecule has 0 bridgehead atoms. The van der Waals surface area contributed by atoms with Gasteiger partial charge in [0.05, 0.1) is 5.71 Å². The third-order valence-corrected chi connectivity index (χ3v) is 5.18. The van der Waals surface area contributed by atoms with Gasteiger partial charge in [-0.15, -0.1) is 0 Å². The number of hydrogen-bond acceptors (Lipinski definition) is 5. The van der Waals surface area contributed by atoms with Crippen LogP contribution in [0.15, 0.2) is 58.4 Å². The van der Waals surface area contributed by atoms with E-state index in [1.54, 1.807) is 24.3 Å². The van der Waals surface area contributed by atoms with Gasteiger partial charge in [0.25, 0.3) is 5.56 Å². The number of anilines is 1. The van der Waals surface area contributed by atoms with E-state index < -0.39 is 5.56 Å². The Kier molecular flexibility index (Phi) is 4.64. The van der Waals surface area contributed by atoms with Gasteiger partial charge in [0.1, 0.15) is 29.1 Å². The Morgan fingerprint density at radius 3 is 2.38 bits per heavy atom. The largest absolute Gasteiger partial charge is 0.382 e. The number of aromatic nitrogens is 1. The summed E-state index contributed by atoms with van der Waals surface area (Å²) in [5, 5.41) is 24.4. The van der Waals surface area contributed by atoms with Gasteiger partial charge in [0.15, 0.2) is 0 Å². The average molecular weight is 400 g/mol. The van der Waals surface area contributed by atoms with Crippen LogP contribution in [0.25, 0.3) is 11.1 Å². The number of benzene rings is 2. The summed E-state index contributed by atoms with van der Waals surface area (Å²) in [4.78, 5) is 13.1. The molecule has 2 N–H and O–H groups in total. The lowest BCUT2D eigenvalue weighted by Gasteiger charge is -2.13. The number of nitrogens with two attached hydrogens (primary N) is 1. The second-order valence-electron chi connectivity index (χ2n) is 6.56. The maximum Gasteiger partial charge on any atom is 0.291 e. The summed E-state index contributed by atoms with van der Waals surface area (Å²) in [5.41, 5.74) is 8.84. The zero-order valence-corrected chi connectivity index (χ0v) is 15.9. The van der Waals surface area contributed by atoms with Gasteiger partial charge in [0, 0.05) is 16.1 Å². The summed E-state index contributed by atoms with van der Waals surface area (Å²) in [6, 6.07) is 18.3. The van der Waals surface area contributed by atoms with Crippen molar-refractivity contribution >= 4 is 23.1 Å². The maximum atomic E-state index is 13.1. The molecule has 0 amide bonds. The van der Waals surface area contributed by atoms with Crippen LogP contribution >= 0.6 is 11.6 Å². The van der Waals surface area contributed by atoms with Crippen molar-refractivity contribution in [3.63, 3.8) is 0 Å². The standard InChI is InChI=1S/C22H14ClN5O/c23-15-8-5-14(6-9-15)20-17(11-24)21(26)28(22(29)18(20)12-25)27-19-10-7-13-3-1-2-4-16(13)19/h1-6,8-9H,7,10,26H2/b27-19+. The molecule has 2 aromatic carbocycles. The van der Waals surface area contributed by atoms with Gasteiger partial charge >= 0.3 is 0 Å². The number of pyridine rings is 1. The molecule has 1 heterocycles. The minimum atomic E-state index is -0.661. The molecule has 0 radical (unpaired) electrons. The first-order chi connectivity index (χ1) is 14.0. The third kappa shape index (κ3) is 3.06. The van der Waals surface area contributed by atoms with Gasteiger partial charge in [-0.2, -0.15) is 20.3 Å². The van der Waals surface area contributed by atoms with Crippen LogP contribution in [-0.2, 0) is 6.42 Å². The van der Waals surface area contributed by atoms with Crippen molar-refractivity contribution < 1.29 is 0 Å². The van der Waals surface area contributed by atoms with E-state index in [1.165, 1.54) is 0 Å². The van der Waals surface area contributed by atoms with Crippen molar-refractivity contribution in [2.45, 2.75) is 12.8 Å². The Morgan fingerprint density at radius 1 is 1.00 bits per heavy atom. The fourth-order valence-corrected chi connectivity index (χ4v) is 3.66. The third-order valence-electron chi connectivity index (χ3n) is 4.93. The molecule has 0 saturated heterocycles. The molecular weight excluding hydrogens is 386 g/mol. The number of nitrogen functional groups attached to an aromatic ring is 1. The highest BCUT2D eigenvalue weighted by molar-refractivity contribution is 6.30. The van der Waals surface area contributed by atoms with E-state index in [4.69, 9.17) is 17.3 Å². The smallest absolute Gasteiger partial charge is 0.291 e. The molecule has 1 aliphatic rings. The number of halogens is 1. The van der Waals surface area contributed by atoms with Crippen molar-refractivity contribution in [1.29, 1.82) is 10.5 Å². The number of aryl methyl sites for hydroxylation is 1. The predicted octanol–water partition coefficient (Wildman–Crippen LogP) is 3.69. The second kappa shape index (κ2) is 7.27. The van der Waals surface area contributed by atoms with Crippen molar-refractivity contribution in [2.24, 2.45) is 5.10 Å². The molecule has 0 atom stereocenters. The minimum Gasteiger partial charge on any atom is -0.382 e. The van der Waals surface area contributed by atoms with Crippen LogP contribution in [0, 0.1) is 22.7 Å². The molecule has 7 heteroatoms. The van der Waals surface area contributed by atoms with Crippen LogP contribution in [0.1, 0.15) is 28.7 Å². The molecule has 0 unspecified atom stereocenters. The molecule has 0 fully saturated rings. The van der Waals surface area contributed by atoms with Crippen LogP contribution < -0.4 is 11.3 Å². The van der Waals surface area contributed by atoms with Gasteiger partial charge in [0.2, 0.25) is 0 Å². The molecule has 4 rings (SSSR count). The van der Waals surface area contributed by atoms with Gasteiger partial charge < -0.3 is 5.73 Å². The molecule has 140 valence electrons. The molecule has 0 aliphatic heterocycles. The van der Waals surface area contributed by atoms with E-state index in [0.29, 0.717) is 22.7 Å². The van der Waals surface area contributed by atoms with E-state index in [-0.39, 0.29) is 22.5 Å². The van der Waals surface area contributed by atoms with E-state index in [0.717, 1.165) is 22.2 Å². The zero-order valence-electron chi connectivity index (χ0n) is 15.2. The predicted molar refractivity (Wildman–Crippen MR) is 112 cm³/mol. The lowest BCUT2D eigenvalue weighted by molar-refractivity contribution is 0.830. The van der Waals surface area contributed by atoms with Crippen molar-refractivity contribution in [2.75, 3.05) is 5.73 Å². The van der Waals surface area contributed by atoms with E-state index in [9.17, 15) is 15.3 Å². The first-order valence-electron chi connectivity index (χ1n) is 8.86. The Labute approximate surface area is 171 Å². The van der Waals surface area contributed by atoms with Gasteiger partial charge in [-0.1, -0.05) is 48.0 Å². The topological polar surface area (TPSA) is 108 Å². The Morgan fingerprint density at radius 2 is 1.69 bits per heavy atom. The Balaban J connectivity index is 1.99. The molecule has 3 aromatic rings. The summed E-state index contributed by atoms with van der Waals surface area (Å²) < 4.78 is 0.966. The van der Waals surface area contributed by atoms with Gasteiger partial charge in [-0.05, 0) is 36.1 Å².